The molecule has 0 aliphatic rings. The molecule has 121 heavy (non-hydrogen) atoms. The lowest BCUT2D eigenvalue weighted by atomic mass is 9.99. The van der Waals surface area contributed by atoms with E-state index in [9.17, 15) is 52.7 Å². The van der Waals surface area contributed by atoms with Crippen LogP contribution in [-0.2, 0) is 24.7 Å². The summed E-state index contributed by atoms with van der Waals surface area (Å²) in [6, 6.07) is 47.3. The molecule has 13 aromatic rings. The Hall–Kier alpha value is -10.7. The zero-order valence-corrected chi connectivity index (χ0v) is 71.7. The van der Waals surface area contributed by atoms with Gasteiger partial charge in [0.2, 0.25) is 0 Å². The fourth-order valence-corrected chi connectivity index (χ4v) is 13.9. The lowest BCUT2D eigenvalue weighted by molar-refractivity contribution is -0.138. The quantitative estimate of drug-likeness (QED) is 0.0315. The molecule has 638 valence electrons. The van der Waals surface area contributed by atoms with Crippen LogP contribution in [0.15, 0.2) is 180 Å². The highest BCUT2D eigenvalue weighted by Gasteiger charge is 2.35. The third kappa shape index (κ3) is 25.7. The van der Waals surface area contributed by atoms with Crippen LogP contribution in [0, 0.1) is 34.6 Å². The minimum Gasteiger partial charge on any atom is -0.369 e. The highest BCUT2D eigenvalue weighted by Crippen LogP contribution is 2.41. The number of hydrogen-bond acceptors (Lipinski definition) is 16. The van der Waals surface area contributed by atoms with E-state index in [0.717, 1.165) is 143 Å². The molecular formula is C91H96BrClF12N16. The van der Waals surface area contributed by atoms with Crippen molar-refractivity contribution in [3.05, 3.63) is 235 Å². The van der Waals surface area contributed by atoms with E-state index in [0.29, 0.717) is 116 Å². The van der Waals surface area contributed by atoms with Crippen LogP contribution in [0.2, 0.25) is 5.02 Å². The fraction of sp³-hybridized carbons (Fsp3) is 0.319. The molecule has 0 fully saturated rings. The van der Waals surface area contributed by atoms with Gasteiger partial charge in [0, 0.05) is 74.5 Å². The number of fused-ring (bicyclic) bond motifs is 4. The molecule has 4 aromatic heterocycles. The first-order valence-corrected chi connectivity index (χ1v) is 40.2. The third-order valence-corrected chi connectivity index (χ3v) is 20.1. The molecule has 30 heteroatoms. The Morgan fingerprint density at radius 1 is 0.298 bits per heavy atom. The Bertz CT molecular complexity index is 5340. The SMILES string of the molecule is Cc1cc(-c2nc(NCCCN(C)C)c3cccc(Br)c3n2)cc(C(F)(F)F)c1.Cc1cc(-c2nc(NCCCN(C)C)c3cccc(C)c3n2)cc(C(F)(F)F)c1.Cc1cc(-c2nc(NCCCN(C)C)c3cccc(Cl)c3n2)cc(C(F)(F)F)c1.Cc1cccc2c(NCCCN(C)C)nc(-c3cc(-c4ccccc4)cc(C(F)(F)F)c3)nc12. The summed E-state index contributed by atoms with van der Waals surface area (Å²) in [5, 5.41) is 17.0. The van der Waals surface area contributed by atoms with E-state index in [1.165, 1.54) is 6.07 Å². The summed E-state index contributed by atoms with van der Waals surface area (Å²) in [5.74, 6) is 3.45. The van der Waals surface area contributed by atoms with E-state index in [2.05, 4.69) is 91.7 Å². The Morgan fingerprint density at radius 3 is 0.917 bits per heavy atom. The maximum Gasteiger partial charge on any atom is 0.416 e. The number of halogens is 14. The molecule has 9 aromatic carbocycles. The van der Waals surface area contributed by atoms with Gasteiger partial charge in [0.15, 0.2) is 23.3 Å². The van der Waals surface area contributed by atoms with E-state index in [-0.39, 0.29) is 23.3 Å². The van der Waals surface area contributed by atoms with Gasteiger partial charge in [-0.25, -0.2) is 39.9 Å². The lowest BCUT2D eigenvalue weighted by Gasteiger charge is -2.15. The molecular weight excluding hydrogens is 1660 g/mol. The molecule has 16 nitrogen and oxygen atoms in total. The lowest BCUT2D eigenvalue weighted by Crippen LogP contribution is -2.17. The number of anilines is 4. The van der Waals surface area contributed by atoms with Crippen molar-refractivity contribution in [1.82, 2.24) is 59.5 Å². The summed E-state index contributed by atoms with van der Waals surface area (Å²) in [7, 11) is 16.0. The minimum absolute atomic E-state index is 0.204. The van der Waals surface area contributed by atoms with Crippen LogP contribution in [0.25, 0.3) is 100 Å². The molecule has 0 aliphatic carbocycles. The average molecular weight is 1760 g/mol. The molecule has 4 heterocycles. The zero-order chi connectivity index (χ0) is 87.8. The summed E-state index contributed by atoms with van der Waals surface area (Å²) in [6.45, 7) is 15.2. The van der Waals surface area contributed by atoms with Gasteiger partial charge >= 0.3 is 24.7 Å². The van der Waals surface area contributed by atoms with Crippen LogP contribution < -0.4 is 21.3 Å². The molecule has 0 radical (unpaired) electrons. The van der Waals surface area contributed by atoms with Gasteiger partial charge in [-0.05, 0) is 307 Å². The smallest absolute Gasteiger partial charge is 0.369 e. The van der Waals surface area contributed by atoms with Crippen molar-refractivity contribution in [1.29, 1.82) is 0 Å². The second-order valence-electron chi connectivity index (χ2n) is 30.6. The first-order valence-electron chi connectivity index (χ1n) is 39.0. The predicted octanol–water partition coefficient (Wildman–Crippen LogP) is 23.3. The molecule has 0 bridgehead atoms. The number of aromatic nitrogens is 8. The Labute approximate surface area is 709 Å². The van der Waals surface area contributed by atoms with Gasteiger partial charge in [0.1, 0.15) is 23.3 Å². The van der Waals surface area contributed by atoms with Crippen molar-refractivity contribution in [3.63, 3.8) is 0 Å². The molecule has 0 amide bonds. The second-order valence-corrected chi connectivity index (χ2v) is 31.8. The van der Waals surface area contributed by atoms with Crippen molar-refractivity contribution in [2.24, 2.45) is 0 Å². The van der Waals surface area contributed by atoms with Crippen LogP contribution in [0.1, 0.15) is 75.8 Å². The van der Waals surface area contributed by atoms with Crippen molar-refractivity contribution in [3.8, 4) is 56.7 Å². The Morgan fingerprint density at radius 2 is 0.579 bits per heavy atom. The number of nitrogens with one attached hydrogen (secondary N) is 4. The van der Waals surface area contributed by atoms with Crippen LogP contribution in [0.3, 0.4) is 0 Å². The van der Waals surface area contributed by atoms with Gasteiger partial charge in [-0.3, -0.25) is 0 Å². The first kappa shape index (κ1) is 92.6. The maximum absolute atomic E-state index is 13.8. The third-order valence-electron chi connectivity index (χ3n) is 19.1. The molecule has 0 aliphatic heterocycles. The number of benzene rings is 9. The van der Waals surface area contributed by atoms with Crippen LogP contribution in [-0.4, -0.2) is 168 Å². The molecule has 0 atom stereocenters. The molecule has 0 saturated heterocycles. The van der Waals surface area contributed by atoms with Crippen LogP contribution in [0.5, 0.6) is 0 Å². The van der Waals surface area contributed by atoms with Gasteiger partial charge in [-0.2, -0.15) is 52.7 Å². The molecule has 0 saturated carbocycles. The summed E-state index contributed by atoms with van der Waals surface area (Å²) in [4.78, 5) is 45.1. The highest BCUT2D eigenvalue weighted by molar-refractivity contribution is 9.10. The number of hydrogen-bond donors (Lipinski definition) is 4. The normalized spacial score (nSPS) is 12.0. The van der Waals surface area contributed by atoms with Gasteiger partial charge < -0.3 is 40.9 Å². The monoisotopic (exact) mass is 1750 g/mol. The van der Waals surface area contributed by atoms with Crippen molar-refractivity contribution >= 4 is 94.4 Å². The maximum atomic E-state index is 13.8. The second kappa shape index (κ2) is 40.8. The van der Waals surface area contributed by atoms with Gasteiger partial charge in [-0.1, -0.05) is 78.3 Å². The van der Waals surface area contributed by atoms with Crippen molar-refractivity contribution in [2.75, 3.05) is 130 Å². The molecule has 4 N–H and O–H groups in total. The van der Waals surface area contributed by atoms with Gasteiger partial charge in [0.05, 0.1) is 49.3 Å². The number of aryl methyl sites for hydroxylation is 5. The van der Waals surface area contributed by atoms with E-state index < -0.39 is 47.0 Å². The Kier molecular flexibility index (Phi) is 31.2. The Balaban J connectivity index is 0.000000170. The molecule has 0 unspecified atom stereocenters. The summed E-state index contributed by atoms with van der Waals surface area (Å²) in [6.07, 6.45) is -14.2. The largest absolute Gasteiger partial charge is 0.416 e. The zero-order valence-electron chi connectivity index (χ0n) is 69.4. The average Bonchev–Trinajstić information content (AvgIpc) is 0.788. The first-order chi connectivity index (χ1) is 57.2. The number of alkyl halides is 12. The van der Waals surface area contributed by atoms with Crippen molar-refractivity contribution < 1.29 is 52.7 Å². The van der Waals surface area contributed by atoms with Gasteiger partial charge in [0.25, 0.3) is 0 Å². The van der Waals surface area contributed by atoms with Crippen LogP contribution in [0.4, 0.5) is 76.0 Å². The number of para-hydroxylation sites is 4. The predicted molar refractivity (Wildman–Crippen MR) is 468 cm³/mol. The molecule has 13 rings (SSSR count). The minimum atomic E-state index is -4.49. The summed E-state index contributed by atoms with van der Waals surface area (Å²) < 4.78 is 162. The number of rotatable bonds is 25. The molecule has 0 spiro atoms. The van der Waals surface area contributed by atoms with E-state index >= 15 is 0 Å². The fourth-order valence-electron chi connectivity index (χ4n) is 13.2. The van der Waals surface area contributed by atoms with Crippen molar-refractivity contribution in [2.45, 2.75) is 85.0 Å². The summed E-state index contributed by atoms with van der Waals surface area (Å²) in [5.41, 5.74) is 5.67. The standard InChI is InChI=1S/C27H27F3N4.C22H25F3N4.C21H22BrF3N4.C21H22ClF3N4/c1-18-9-7-12-23-24(18)32-25(33-26(23)31-13-8-14-34(2)3)21-15-20(19-10-5-4-6-11-19)16-22(17-21)27(28,29)30;1-14-11-16(13-17(12-14)22(23,24)25)20-27-19-15(2)7-5-8-18(19)21(28-20)26-9-6-10-29(3)4;2*1-13-10-14(12-15(11-13)21(23,24)25)19-27-18-16(6-4-7-17(18)22)20(28-19)26-8-5-9-29(2)3/h4-7,9-12,15-17H,8,13-14H2,1-3H3,(H,31,32,33);5,7-8,11-13H,6,9-10H2,1-4H3,(H,26,27,28);2*4,6-7,10-12H,5,8-9H2,1-3H3,(H,26,27,28). The van der Waals surface area contributed by atoms with E-state index in [1.54, 1.807) is 81.4 Å². The highest BCUT2D eigenvalue weighted by atomic mass is 79.9. The van der Waals surface area contributed by atoms with E-state index in [4.69, 9.17) is 16.6 Å². The topological polar surface area (TPSA) is 164 Å². The van der Waals surface area contributed by atoms with E-state index in [1.807, 2.05) is 137 Å². The van der Waals surface area contributed by atoms with Gasteiger partial charge in [-0.15, -0.1) is 0 Å². The number of nitrogens with zero attached hydrogens (tertiary/aromatic N) is 12. The summed E-state index contributed by atoms with van der Waals surface area (Å²) >= 11 is 9.82. The van der Waals surface area contributed by atoms with Crippen LogP contribution >= 0.6 is 27.5 Å².